The maximum atomic E-state index is 12.7. The Kier molecular flexibility index (Phi) is 4.93. The van der Waals surface area contributed by atoms with E-state index in [1.165, 1.54) is 9.25 Å². The van der Waals surface area contributed by atoms with E-state index in [0.717, 1.165) is 30.9 Å². The molecule has 1 saturated heterocycles. The first kappa shape index (κ1) is 19.0. The van der Waals surface area contributed by atoms with E-state index in [2.05, 4.69) is 15.0 Å². The summed E-state index contributed by atoms with van der Waals surface area (Å²) in [7, 11) is 0. The van der Waals surface area contributed by atoms with Crippen molar-refractivity contribution in [2.24, 2.45) is 5.92 Å². The van der Waals surface area contributed by atoms with Crippen LogP contribution in [0.2, 0.25) is 0 Å². The van der Waals surface area contributed by atoms with Gasteiger partial charge < -0.3 is 4.74 Å². The van der Waals surface area contributed by atoms with Crippen molar-refractivity contribution >= 4 is 0 Å². The molecule has 8 nitrogen and oxygen atoms in total. The first-order chi connectivity index (χ1) is 13.3. The Labute approximate surface area is 163 Å². The largest absolute Gasteiger partial charge is 0.364 e. The molecule has 0 aliphatic carbocycles. The van der Waals surface area contributed by atoms with Gasteiger partial charge in [-0.15, -0.1) is 0 Å². The molecule has 2 aliphatic rings. The lowest BCUT2D eigenvalue weighted by Gasteiger charge is -2.35. The van der Waals surface area contributed by atoms with Crippen LogP contribution >= 0.6 is 0 Å². The highest BCUT2D eigenvalue weighted by Crippen LogP contribution is 2.31. The van der Waals surface area contributed by atoms with E-state index in [4.69, 9.17) is 4.74 Å². The van der Waals surface area contributed by atoms with Gasteiger partial charge in [-0.25, -0.2) is 4.68 Å². The van der Waals surface area contributed by atoms with E-state index in [-0.39, 0.29) is 12.5 Å². The van der Waals surface area contributed by atoms with Crippen molar-refractivity contribution in [3.05, 3.63) is 56.1 Å². The van der Waals surface area contributed by atoms with E-state index in [9.17, 15) is 9.59 Å². The molecular weight excluding hydrogens is 358 g/mol. The lowest BCUT2D eigenvalue weighted by molar-refractivity contribution is -0.0860. The molecule has 2 aromatic heterocycles. The van der Waals surface area contributed by atoms with Gasteiger partial charge in [0.2, 0.25) is 0 Å². The van der Waals surface area contributed by atoms with Crippen LogP contribution in [0.15, 0.2) is 27.8 Å². The van der Waals surface area contributed by atoms with E-state index in [1.54, 1.807) is 0 Å². The number of aryl methyl sites for hydroxylation is 1. The zero-order chi connectivity index (χ0) is 19.9. The molecular formula is C20H27N5O3. The summed E-state index contributed by atoms with van der Waals surface area (Å²) in [5.41, 5.74) is 0.549. The zero-order valence-electron chi connectivity index (χ0n) is 16.7. The third-order valence-electron chi connectivity index (χ3n) is 5.43. The van der Waals surface area contributed by atoms with Crippen LogP contribution in [0.3, 0.4) is 0 Å². The maximum Gasteiger partial charge on any atom is 0.332 e. The van der Waals surface area contributed by atoms with Crippen LogP contribution in [0, 0.1) is 12.8 Å². The number of aromatic nitrogens is 4. The summed E-state index contributed by atoms with van der Waals surface area (Å²) >= 11 is 0. The Morgan fingerprint density at radius 2 is 2.04 bits per heavy atom. The SMILES string of the molecule is Cc1cccc(CN2CC[C@]3(C2)Cn2c(nn(CC(C)C)c(=O)c2=O)CO3)n1. The van der Waals surface area contributed by atoms with Crippen LogP contribution in [0.25, 0.3) is 0 Å². The lowest BCUT2D eigenvalue weighted by atomic mass is 10.0. The molecule has 1 atom stereocenters. The van der Waals surface area contributed by atoms with Crippen molar-refractivity contribution in [3.63, 3.8) is 0 Å². The molecule has 0 aromatic carbocycles. The normalized spacial score (nSPS) is 22.1. The van der Waals surface area contributed by atoms with Crippen molar-refractivity contribution < 1.29 is 4.74 Å². The molecule has 2 aromatic rings. The summed E-state index contributed by atoms with van der Waals surface area (Å²) in [4.78, 5) is 32.0. The van der Waals surface area contributed by atoms with Gasteiger partial charge in [0.25, 0.3) is 0 Å². The second-order valence-electron chi connectivity index (χ2n) is 8.39. The highest BCUT2D eigenvalue weighted by atomic mass is 16.5. The minimum Gasteiger partial charge on any atom is -0.364 e. The van der Waals surface area contributed by atoms with E-state index < -0.39 is 16.7 Å². The molecule has 1 fully saturated rings. The minimum absolute atomic E-state index is 0.238. The highest BCUT2D eigenvalue weighted by molar-refractivity contribution is 5.11. The van der Waals surface area contributed by atoms with Gasteiger partial charge >= 0.3 is 11.1 Å². The monoisotopic (exact) mass is 385 g/mol. The van der Waals surface area contributed by atoms with Crippen LogP contribution in [-0.2, 0) is 31.0 Å². The molecule has 2 aliphatic heterocycles. The summed E-state index contributed by atoms with van der Waals surface area (Å²) in [5, 5.41) is 4.38. The van der Waals surface area contributed by atoms with E-state index in [0.29, 0.717) is 25.5 Å². The zero-order valence-corrected chi connectivity index (χ0v) is 16.7. The summed E-state index contributed by atoms with van der Waals surface area (Å²) in [6.45, 7) is 9.38. The van der Waals surface area contributed by atoms with Crippen molar-refractivity contribution in [3.8, 4) is 0 Å². The fraction of sp³-hybridized carbons (Fsp3) is 0.600. The first-order valence-electron chi connectivity index (χ1n) is 9.85. The Morgan fingerprint density at radius 1 is 1.21 bits per heavy atom. The molecule has 0 radical (unpaired) electrons. The quantitative estimate of drug-likeness (QED) is 0.729. The smallest absolute Gasteiger partial charge is 0.332 e. The Morgan fingerprint density at radius 3 is 2.79 bits per heavy atom. The van der Waals surface area contributed by atoms with Crippen molar-refractivity contribution in [1.29, 1.82) is 0 Å². The molecule has 4 rings (SSSR count). The number of hydrogen-bond acceptors (Lipinski definition) is 6. The van der Waals surface area contributed by atoms with Gasteiger partial charge in [-0.1, -0.05) is 19.9 Å². The van der Waals surface area contributed by atoms with E-state index >= 15 is 0 Å². The molecule has 0 amide bonds. The summed E-state index contributed by atoms with van der Waals surface area (Å²) < 4.78 is 9.01. The summed E-state index contributed by atoms with van der Waals surface area (Å²) in [6.07, 6.45) is 0.819. The summed E-state index contributed by atoms with van der Waals surface area (Å²) in [6, 6.07) is 6.03. The highest BCUT2D eigenvalue weighted by Gasteiger charge is 2.43. The molecule has 0 unspecified atom stereocenters. The molecule has 4 heterocycles. The van der Waals surface area contributed by atoms with Crippen LogP contribution in [0.1, 0.15) is 37.5 Å². The molecule has 0 saturated carbocycles. The van der Waals surface area contributed by atoms with Crippen molar-refractivity contribution in [2.75, 3.05) is 13.1 Å². The van der Waals surface area contributed by atoms with Gasteiger partial charge in [0, 0.05) is 31.9 Å². The van der Waals surface area contributed by atoms with Gasteiger partial charge in [0.05, 0.1) is 12.2 Å². The van der Waals surface area contributed by atoms with Gasteiger partial charge in [0.15, 0.2) is 5.82 Å². The van der Waals surface area contributed by atoms with Gasteiger partial charge in [-0.2, -0.15) is 5.10 Å². The second-order valence-corrected chi connectivity index (χ2v) is 8.39. The molecule has 0 bridgehead atoms. The molecule has 1 spiro atoms. The fourth-order valence-corrected chi connectivity index (χ4v) is 4.10. The molecule has 28 heavy (non-hydrogen) atoms. The minimum atomic E-state index is -0.548. The topological polar surface area (TPSA) is 82.2 Å². The predicted octanol–water partition coefficient (Wildman–Crippen LogP) is 0.939. The van der Waals surface area contributed by atoms with Crippen molar-refractivity contribution in [2.45, 2.75) is 59.0 Å². The lowest BCUT2D eigenvalue weighted by Crippen LogP contribution is -2.53. The van der Waals surface area contributed by atoms with Crippen molar-refractivity contribution in [1.82, 2.24) is 24.2 Å². The molecule has 8 heteroatoms. The first-order valence-corrected chi connectivity index (χ1v) is 9.85. The van der Waals surface area contributed by atoms with Gasteiger partial charge in [0.1, 0.15) is 12.2 Å². The maximum absolute atomic E-state index is 12.7. The number of hydrogen-bond donors (Lipinski definition) is 0. The van der Waals surface area contributed by atoms with Crippen LogP contribution in [-0.4, -0.2) is 42.9 Å². The number of likely N-dealkylation sites (tertiary alicyclic amines) is 1. The van der Waals surface area contributed by atoms with Crippen LogP contribution in [0.5, 0.6) is 0 Å². The third kappa shape index (κ3) is 3.66. The second kappa shape index (κ2) is 7.25. The third-order valence-corrected chi connectivity index (χ3v) is 5.43. The number of pyridine rings is 1. The number of ether oxygens (including phenoxy) is 1. The Balaban J connectivity index is 1.53. The fourth-order valence-electron chi connectivity index (χ4n) is 4.10. The number of rotatable bonds is 4. The summed E-state index contributed by atoms with van der Waals surface area (Å²) in [5.74, 6) is 0.775. The predicted molar refractivity (Wildman–Crippen MR) is 104 cm³/mol. The number of nitrogens with zero attached hydrogens (tertiary/aromatic N) is 5. The molecule has 150 valence electrons. The standard InChI is InChI=1S/C20H27N5O3/c1-14(2)9-25-19(27)18(26)24-13-20(28-11-17(24)22-25)7-8-23(12-20)10-16-6-4-5-15(3)21-16/h4-6,14H,7-13H2,1-3H3/t20-/m0/s1. The van der Waals surface area contributed by atoms with Gasteiger partial charge in [-0.05, 0) is 31.4 Å². The number of fused-ring (bicyclic) bond motifs is 1. The van der Waals surface area contributed by atoms with Crippen LogP contribution in [0.4, 0.5) is 0 Å². The average Bonchev–Trinajstić information content (AvgIpc) is 3.02. The van der Waals surface area contributed by atoms with Crippen LogP contribution < -0.4 is 11.1 Å². The van der Waals surface area contributed by atoms with E-state index in [1.807, 2.05) is 39.0 Å². The average molecular weight is 385 g/mol. The molecule has 0 N–H and O–H groups in total. The van der Waals surface area contributed by atoms with Gasteiger partial charge in [-0.3, -0.25) is 24.0 Å². The Bertz CT molecular complexity index is 996. The Hall–Kier alpha value is -2.32.